The first-order valence-electron chi connectivity index (χ1n) is 5.55. The quantitative estimate of drug-likeness (QED) is 0.691. The van der Waals surface area contributed by atoms with E-state index in [2.05, 4.69) is 49.1 Å². The van der Waals surface area contributed by atoms with Crippen LogP contribution in [0.1, 0.15) is 25.8 Å². The summed E-state index contributed by atoms with van der Waals surface area (Å²) in [4.78, 5) is 2.58. The molecule has 1 heteroatoms. The van der Waals surface area contributed by atoms with Crippen LogP contribution in [0.25, 0.3) is 0 Å². The van der Waals surface area contributed by atoms with Gasteiger partial charge in [-0.15, -0.1) is 0 Å². The summed E-state index contributed by atoms with van der Waals surface area (Å²) in [7, 11) is 0. The van der Waals surface area contributed by atoms with Crippen LogP contribution < -0.4 is 0 Å². The third-order valence-electron chi connectivity index (χ3n) is 3.50. The van der Waals surface area contributed by atoms with E-state index in [1.807, 2.05) is 0 Å². The second-order valence-electron chi connectivity index (χ2n) is 4.46. The Hall–Kier alpha value is -0.820. The lowest BCUT2D eigenvalue weighted by atomic mass is 10.1. The summed E-state index contributed by atoms with van der Waals surface area (Å²) in [5.74, 6) is 0.860. The molecule has 0 N–H and O–H groups in total. The van der Waals surface area contributed by atoms with Crippen molar-refractivity contribution in [1.29, 1.82) is 0 Å². The molecule has 0 aliphatic carbocycles. The topological polar surface area (TPSA) is 3.24 Å². The molecule has 0 saturated carbocycles. The lowest BCUT2D eigenvalue weighted by Gasteiger charge is -2.22. The van der Waals surface area contributed by atoms with Crippen LogP contribution in [-0.4, -0.2) is 17.5 Å². The van der Waals surface area contributed by atoms with Crippen molar-refractivity contribution in [3.8, 4) is 0 Å². The van der Waals surface area contributed by atoms with Crippen molar-refractivity contribution >= 4 is 0 Å². The van der Waals surface area contributed by atoms with Gasteiger partial charge < -0.3 is 0 Å². The molecule has 0 spiro atoms. The van der Waals surface area contributed by atoms with Crippen molar-refractivity contribution in [3.05, 3.63) is 35.9 Å². The number of nitrogens with zero attached hydrogens (tertiary/aromatic N) is 1. The molecule has 1 aromatic carbocycles. The van der Waals surface area contributed by atoms with Gasteiger partial charge in [-0.1, -0.05) is 37.3 Å². The Morgan fingerprint density at radius 2 is 1.93 bits per heavy atom. The van der Waals surface area contributed by atoms with Crippen LogP contribution >= 0.6 is 0 Å². The molecule has 0 bridgehead atoms. The Balaban J connectivity index is 1.99. The van der Waals surface area contributed by atoms with Crippen LogP contribution in [-0.2, 0) is 6.54 Å². The SMILES string of the molecule is C[C@@H]1CCN(Cc2ccccc2)[C@H]1C. The average Bonchev–Trinajstić information content (AvgIpc) is 2.52. The highest BCUT2D eigenvalue weighted by Gasteiger charge is 2.26. The highest BCUT2D eigenvalue weighted by atomic mass is 15.2. The first-order valence-corrected chi connectivity index (χ1v) is 5.55. The molecule has 2 atom stereocenters. The molecule has 14 heavy (non-hydrogen) atoms. The fourth-order valence-corrected chi connectivity index (χ4v) is 2.22. The second-order valence-corrected chi connectivity index (χ2v) is 4.46. The summed E-state index contributed by atoms with van der Waals surface area (Å²) in [6.07, 6.45) is 1.36. The minimum atomic E-state index is 0.746. The van der Waals surface area contributed by atoms with E-state index in [0.29, 0.717) is 0 Å². The summed E-state index contributed by atoms with van der Waals surface area (Å²) in [6, 6.07) is 11.5. The van der Waals surface area contributed by atoms with Gasteiger partial charge in [0.25, 0.3) is 0 Å². The van der Waals surface area contributed by atoms with Crippen molar-refractivity contribution < 1.29 is 0 Å². The van der Waals surface area contributed by atoms with Crippen molar-refractivity contribution in [1.82, 2.24) is 4.90 Å². The van der Waals surface area contributed by atoms with Crippen LogP contribution in [0.15, 0.2) is 30.3 Å². The van der Waals surface area contributed by atoms with Crippen LogP contribution in [0.3, 0.4) is 0 Å². The zero-order chi connectivity index (χ0) is 9.97. The molecule has 1 heterocycles. The van der Waals surface area contributed by atoms with Gasteiger partial charge in [0.2, 0.25) is 0 Å². The summed E-state index contributed by atoms with van der Waals surface area (Å²) < 4.78 is 0. The molecule has 1 aliphatic rings. The normalized spacial score (nSPS) is 28.1. The standard InChI is InChI=1S/C13H19N/c1-11-8-9-14(12(11)2)10-13-6-4-3-5-7-13/h3-7,11-12H,8-10H2,1-2H3/t11-,12+/m1/s1. The highest BCUT2D eigenvalue weighted by molar-refractivity contribution is 5.14. The summed E-state index contributed by atoms with van der Waals surface area (Å²) in [6.45, 7) is 7.08. The molecule has 0 radical (unpaired) electrons. The maximum absolute atomic E-state index is 2.58. The third-order valence-corrected chi connectivity index (χ3v) is 3.50. The zero-order valence-corrected chi connectivity index (χ0v) is 9.11. The number of benzene rings is 1. The summed E-state index contributed by atoms with van der Waals surface area (Å²) in [5, 5.41) is 0. The van der Waals surface area contributed by atoms with Crippen LogP contribution in [0.4, 0.5) is 0 Å². The molecule has 1 nitrogen and oxygen atoms in total. The Kier molecular flexibility index (Phi) is 2.87. The molecular formula is C13H19N. The lowest BCUT2D eigenvalue weighted by molar-refractivity contribution is 0.239. The van der Waals surface area contributed by atoms with Crippen LogP contribution in [0, 0.1) is 5.92 Å². The molecular weight excluding hydrogens is 170 g/mol. The first-order chi connectivity index (χ1) is 6.77. The maximum Gasteiger partial charge on any atom is 0.0236 e. The molecule has 1 aromatic rings. The van der Waals surface area contributed by atoms with Crippen molar-refractivity contribution in [2.75, 3.05) is 6.54 Å². The molecule has 2 rings (SSSR count). The molecule has 1 saturated heterocycles. The minimum Gasteiger partial charge on any atom is -0.296 e. The van der Waals surface area contributed by atoms with Crippen molar-refractivity contribution in [2.45, 2.75) is 32.9 Å². The van der Waals surface area contributed by atoms with Gasteiger partial charge in [0.15, 0.2) is 0 Å². The summed E-state index contributed by atoms with van der Waals surface area (Å²) >= 11 is 0. The number of hydrogen-bond donors (Lipinski definition) is 0. The van der Waals surface area contributed by atoms with Gasteiger partial charge in [-0.05, 0) is 31.4 Å². The Morgan fingerprint density at radius 1 is 1.21 bits per heavy atom. The molecule has 0 unspecified atom stereocenters. The Morgan fingerprint density at radius 3 is 2.50 bits per heavy atom. The monoisotopic (exact) mass is 189 g/mol. The molecule has 0 aromatic heterocycles. The largest absolute Gasteiger partial charge is 0.296 e. The second kappa shape index (κ2) is 4.14. The Labute approximate surface area is 86.7 Å². The van der Waals surface area contributed by atoms with E-state index in [0.717, 1.165) is 18.5 Å². The molecule has 76 valence electrons. The number of hydrogen-bond acceptors (Lipinski definition) is 1. The third kappa shape index (κ3) is 1.98. The molecule has 0 amide bonds. The predicted molar refractivity (Wildman–Crippen MR) is 60.1 cm³/mol. The average molecular weight is 189 g/mol. The van der Waals surface area contributed by atoms with Crippen LogP contribution in [0.2, 0.25) is 0 Å². The fraction of sp³-hybridized carbons (Fsp3) is 0.538. The summed E-state index contributed by atoms with van der Waals surface area (Å²) in [5.41, 5.74) is 1.44. The van der Waals surface area contributed by atoms with Gasteiger partial charge in [-0.25, -0.2) is 0 Å². The molecule has 1 fully saturated rings. The fourth-order valence-electron chi connectivity index (χ4n) is 2.22. The van der Waals surface area contributed by atoms with E-state index in [1.54, 1.807) is 0 Å². The van der Waals surface area contributed by atoms with Gasteiger partial charge in [-0.3, -0.25) is 4.90 Å². The number of rotatable bonds is 2. The van der Waals surface area contributed by atoms with E-state index < -0.39 is 0 Å². The van der Waals surface area contributed by atoms with Gasteiger partial charge >= 0.3 is 0 Å². The highest BCUT2D eigenvalue weighted by Crippen LogP contribution is 2.24. The maximum atomic E-state index is 2.58. The van der Waals surface area contributed by atoms with Gasteiger partial charge in [0.1, 0.15) is 0 Å². The van der Waals surface area contributed by atoms with Gasteiger partial charge in [-0.2, -0.15) is 0 Å². The van der Waals surface area contributed by atoms with Crippen molar-refractivity contribution in [2.24, 2.45) is 5.92 Å². The Bertz CT molecular complexity index is 281. The predicted octanol–water partition coefficient (Wildman–Crippen LogP) is 2.92. The molecule has 1 aliphatic heterocycles. The smallest absolute Gasteiger partial charge is 0.0236 e. The van der Waals surface area contributed by atoms with Gasteiger partial charge in [0, 0.05) is 12.6 Å². The van der Waals surface area contributed by atoms with E-state index >= 15 is 0 Å². The lowest BCUT2D eigenvalue weighted by Crippen LogP contribution is -2.28. The van der Waals surface area contributed by atoms with Crippen LogP contribution in [0.5, 0.6) is 0 Å². The van der Waals surface area contributed by atoms with Gasteiger partial charge in [0.05, 0.1) is 0 Å². The van der Waals surface area contributed by atoms with E-state index in [4.69, 9.17) is 0 Å². The van der Waals surface area contributed by atoms with Crippen molar-refractivity contribution in [3.63, 3.8) is 0 Å². The van der Waals surface area contributed by atoms with E-state index in [-0.39, 0.29) is 0 Å². The van der Waals surface area contributed by atoms with E-state index in [9.17, 15) is 0 Å². The minimum absolute atomic E-state index is 0.746. The zero-order valence-electron chi connectivity index (χ0n) is 9.11. The van der Waals surface area contributed by atoms with E-state index in [1.165, 1.54) is 18.5 Å². The number of likely N-dealkylation sites (tertiary alicyclic amines) is 1. The first kappa shape index (κ1) is 9.72.